The minimum absolute atomic E-state index is 0.201. The van der Waals surface area contributed by atoms with Gasteiger partial charge < -0.3 is 9.15 Å². The Morgan fingerprint density at radius 1 is 1.03 bits per heavy atom. The lowest BCUT2D eigenvalue weighted by molar-refractivity contribution is 0.235. The summed E-state index contributed by atoms with van der Waals surface area (Å²) in [7, 11) is 1.65. The first-order chi connectivity index (χ1) is 16.1. The summed E-state index contributed by atoms with van der Waals surface area (Å²) in [5.74, 6) is 3.35. The van der Waals surface area contributed by atoms with Crippen LogP contribution in [0.15, 0.2) is 59.1 Å². The normalized spacial score (nSPS) is 19.5. The fourth-order valence-electron chi connectivity index (χ4n) is 5.12. The smallest absolute Gasteiger partial charge is 0.247 e. The van der Waals surface area contributed by atoms with Crippen LogP contribution >= 0.6 is 0 Å². The van der Waals surface area contributed by atoms with Crippen molar-refractivity contribution >= 4 is 10.9 Å². The van der Waals surface area contributed by atoms with Crippen molar-refractivity contribution < 1.29 is 13.5 Å². The molecule has 1 fully saturated rings. The first-order valence-corrected chi connectivity index (χ1v) is 11.6. The fourth-order valence-corrected chi connectivity index (χ4v) is 5.12. The molecule has 33 heavy (non-hydrogen) atoms. The Labute approximate surface area is 193 Å². The monoisotopic (exact) mass is 445 g/mol. The Balaban J connectivity index is 1.21. The Kier molecular flexibility index (Phi) is 6.07. The average Bonchev–Trinajstić information content (AvgIpc) is 3.32. The van der Waals surface area contributed by atoms with E-state index in [9.17, 15) is 4.39 Å². The number of ether oxygens (including phenoxy) is 1. The van der Waals surface area contributed by atoms with E-state index in [4.69, 9.17) is 9.15 Å². The highest BCUT2D eigenvalue weighted by atomic mass is 19.1. The Hall–Kier alpha value is -3.28. The maximum Gasteiger partial charge on any atom is 0.247 e. The van der Waals surface area contributed by atoms with Gasteiger partial charge in [0.05, 0.1) is 12.6 Å². The van der Waals surface area contributed by atoms with Gasteiger partial charge in [0.1, 0.15) is 11.6 Å². The molecule has 6 heteroatoms. The largest absolute Gasteiger partial charge is 0.497 e. The number of nitrogens with zero attached hydrogens (tertiary/aromatic N) is 3. The van der Waals surface area contributed by atoms with E-state index in [0.717, 1.165) is 54.3 Å². The minimum atomic E-state index is -0.201. The predicted octanol–water partition coefficient (Wildman–Crippen LogP) is 6.59. The van der Waals surface area contributed by atoms with Gasteiger partial charge in [0, 0.05) is 23.6 Å². The zero-order chi connectivity index (χ0) is 22.8. The molecule has 1 aliphatic carbocycles. The Morgan fingerprint density at radius 3 is 2.58 bits per heavy atom. The molecule has 0 radical (unpaired) electrons. The molecule has 0 spiro atoms. The molecule has 0 N–H and O–H groups in total. The van der Waals surface area contributed by atoms with E-state index in [1.807, 2.05) is 30.5 Å². The molecule has 2 heterocycles. The summed E-state index contributed by atoms with van der Waals surface area (Å²) in [5.41, 5.74) is 2.99. The third-order valence-electron chi connectivity index (χ3n) is 7.05. The van der Waals surface area contributed by atoms with Crippen molar-refractivity contribution in [3.63, 3.8) is 0 Å². The van der Waals surface area contributed by atoms with Crippen LogP contribution in [0.3, 0.4) is 0 Å². The molecule has 5 nitrogen and oxygen atoms in total. The van der Waals surface area contributed by atoms with Gasteiger partial charge in [-0.3, -0.25) is 4.98 Å². The van der Waals surface area contributed by atoms with Crippen LogP contribution < -0.4 is 4.74 Å². The van der Waals surface area contributed by atoms with Crippen LogP contribution in [0.5, 0.6) is 5.75 Å². The molecule has 4 aromatic rings. The molecule has 5 rings (SSSR count). The van der Waals surface area contributed by atoms with Gasteiger partial charge in [-0.1, -0.05) is 6.92 Å². The zero-order valence-electron chi connectivity index (χ0n) is 19.0. The van der Waals surface area contributed by atoms with Crippen LogP contribution in [-0.4, -0.2) is 22.3 Å². The van der Waals surface area contributed by atoms with Crippen molar-refractivity contribution in [2.45, 2.75) is 44.9 Å². The lowest BCUT2D eigenvalue weighted by atomic mass is 9.73. The molecule has 1 atom stereocenters. The van der Waals surface area contributed by atoms with Crippen LogP contribution in [0.2, 0.25) is 0 Å². The number of rotatable bonds is 6. The van der Waals surface area contributed by atoms with Crippen molar-refractivity contribution in [1.29, 1.82) is 0 Å². The van der Waals surface area contributed by atoms with E-state index in [-0.39, 0.29) is 5.82 Å². The topological polar surface area (TPSA) is 61.0 Å². The third kappa shape index (κ3) is 4.61. The van der Waals surface area contributed by atoms with Crippen molar-refractivity contribution in [3.05, 3.63) is 72.0 Å². The van der Waals surface area contributed by atoms with Gasteiger partial charge in [0.2, 0.25) is 11.8 Å². The van der Waals surface area contributed by atoms with Crippen molar-refractivity contribution in [3.8, 4) is 17.2 Å². The lowest BCUT2D eigenvalue weighted by Gasteiger charge is -2.32. The highest BCUT2D eigenvalue weighted by Crippen LogP contribution is 2.41. The van der Waals surface area contributed by atoms with E-state index < -0.39 is 0 Å². The number of aromatic nitrogens is 3. The van der Waals surface area contributed by atoms with Crippen molar-refractivity contribution in [2.24, 2.45) is 11.8 Å². The van der Waals surface area contributed by atoms with Gasteiger partial charge >= 0.3 is 0 Å². The standard InChI is InChI=1S/C27H28FN3O2/c1-17(15-26-30-31-27(33-26)20-7-10-22(32-2)11-8-20)18-3-5-19(6-4-18)23-13-14-29-25-12-9-21(28)16-24(23)25/h7-14,16-19H,3-6,15H2,1-2H3/t17-,18?,19?/m0/s1. The Morgan fingerprint density at radius 2 is 1.82 bits per heavy atom. The number of halogens is 1. The Bertz CT molecular complexity index is 1230. The number of benzene rings is 2. The summed E-state index contributed by atoms with van der Waals surface area (Å²) in [6.07, 6.45) is 7.12. The molecular formula is C27H28FN3O2. The van der Waals surface area contributed by atoms with Gasteiger partial charge in [0.25, 0.3) is 0 Å². The molecule has 0 amide bonds. The number of methoxy groups -OCH3 is 1. The van der Waals surface area contributed by atoms with Crippen LogP contribution in [0, 0.1) is 17.7 Å². The number of hydrogen-bond donors (Lipinski definition) is 0. The lowest BCUT2D eigenvalue weighted by Crippen LogP contribution is -2.21. The van der Waals surface area contributed by atoms with Crippen LogP contribution in [0.25, 0.3) is 22.4 Å². The van der Waals surface area contributed by atoms with Crippen LogP contribution in [0.4, 0.5) is 4.39 Å². The van der Waals surface area contributed by atoms with E-state index >= 15 is 0 Å². The van der Waals surface area contributed by atoms with Crippen molar-refractivity contribution in [2.75, 3.05) is 7.11 Å². The molecule has 2 aromatic carbocycles. The maximum absolute atomic E-state index is 13.8. The second kappa shape index (κ2) is 9.30. The summed E-state index contributed by atoms with van der Waals surface area (Å²) in [6.45, 7) is 2.28. The van der Waals surface area contributed by atoms with E-state index in [0.29, 0.717) is 29.5 Å². The highest BCUT2D eigenvalue weighted by molar-refractivity contribution is 5.82. The van der Waals surface area contributed by atoms with Gasteiger partial charge in [-0.25, -0.2) is 4.39 Å². The molecule has 0 bridgehead atoms. The summed E-state index contributed by atoms with van der Waals surface area (Å²) in [5, 5.41) is 9.47. The summed E-state index contributed by atoms with van der Waals surface area (Å²) < 4.78 is 25.0. The van der Waals surface area contributed by atoms with Crippen LogP contribution in [-0.2, 0) is 6.42 Å². The summed E-state index contributed by atoms with van der Waals surface area (Å²) in [6, 6.07) is 14.6. The maximum atomic E-state index is 13.8. The molecule has 0 aliphatic heterocycles. The van der Waals surface area contributed by atoms with Gasteiger partial charge in [-0.15, -0.1) is 10.2 Å². The van der Waals surface area contributed by atoms with Crippen molar-refractivity contribution in [1.82, 2.24) is 15.2 Å². The van der Waals surface area contributed by atoms with E-state index in [2.05, 4.69) is 28.2 Å². The number of hydrogen-bond acceptors (Lipinski definition) is 5. The molecule has 1 saturated carbocycles. The average molecular weight is 446 g/mol. The molecule has 0 unspecified atom stereocenters. The minimum Gasteiger partial charge on any atom is -0.497 e. The first-order valence-electron chi connectivity index (χ1n) is 11.6. The quantitative estimate of drug-likeness (QED) is 0.335. The van der Waals surface area contributed by atoms with E-state index in [1.165, 1.54) is 11.6 Å². The predicted molar refractivity (Wildman–Crippen MR) is 126 cm³/mol. The molecule has 1 aliphatic rings. The van der Waals surface area contributed by atoms with Gasteiger partial charge in [-0.2, -0.15) is 0 Å². The highest BCUT2D eigenvalue weighted by Gasteiger charge is 2.28. The second-order valence-corrected chi connectivity index (χ2v) is 9.08. The molecule has 0 saturated heterocycles. The number of fused-ring (bicyclic) bond motifs is 1. The summed E-state index contributed by atoms with van der Waals surface area (Å²) in [4.78, 5) is 4.40. The SMILES string of the molecule is COc1ccc(-c2nnc(C[C@H](C)C3CCC(c4ccnc5ccc(F)cc45)CC3)o2)cc1. The summed E-state index contributed by atoms with van der Waals surface area (Å²) >= 11 is 0. The molecule has 2 aromatic heterocycles. The van der Waals surface area contributed by atoms with Gasteiger partial charge in [0.15, 0.2) is 0 Å². The molecule has 170 valence electrons. The third-order valence-corrected chi connectivity index (χ3v) is 7.05. The fraction of sp³-hybridized carbons (Fsp3) is 0.370. The second-order valence-electron chi connectivity index (χ2n) is 9.08. The first kappa shape index (κ1) is 21.6. The molecular weight excluding hydrogens is 417 g/mol. The van der Waals surface area contributed by atoms with Gasteiger partial charge in [-0.05, 0) is 97.5 Å². The number of pyridine rings is 1. The van der Waals surface area contributed by atoms with Crippen LogP contribution in [0.1, 0.15) is 50.0 Å². The van der Waals surface area contributed by atoms with E-state index in [1.54, 1.807) is 19.2 Å². The zero-order valence-corrected chi connectivity index (χ0v) is 19.0.